The first-order chi connectivity index (χ1) is 7.67. The Bertz CT molecular complexity index is 377. The van der Waals surface area contributed by atoms with Gasteiger partial charge in [-0.2, -0.15) is 0 Å². The molecule has 1 saturated carbocycles. The largest absolute Gasteiger partial charge is 0.372 e. The van der Waals surface area contributed by atoms with Crippen LogP contribution in [-0.2, 0) is 0 Å². The van der Waals surface area contributed by atoms with E-state index < -0.39 is 11.8 Å². The highest BCUT2D eigenvalue weighted by Gasteiger charge is 2.57. The second-order valence-corrected chi connectivity index (χ2v) is 4.81. The number of alkyl halides is 2. The zero-order chi connectivity index (χ0) is 11.2. The van der Waals surface area contributed by atoms with Gasteiger partial charge in [0.1, 0.15) is 0 Å². The molecule has 1 aliphatic heterocycles. The number of nitrogens with zero attached hydrogens (tertiary/aromatic N) is 1. The SMILES string of the molecule is FC1(F)CC1c1cccc(N2CCCC2)c1. The minimum absolute atomic E-state index is 0.0243. The Balaban J connectivity index is 1.83. The van der Waals surface area contributed by atoms with Gasteiger partial charge in [0.2, 0.25) is 0 Å². The molecule has 1 unspecified atom stereocenters. The van der Waals surface area contributed by atoms with E-state index in [0.717, 1.165) is 24.3 Å². The average Bonchev–Trinajstić information content (AvgIpc) is 2.71. The first-order valence-corrected chi connectivity index (χ1v) is 5.89. The fraction of sp³-hybridized carbons (Fsp3) is 0.538. The van der Waals surface area contributed by atoms with E-state index in [1.165, 1.54) is 12.8 Å². The summed E-state index contributed by atoms with van der Waals surface area (Å²) in [5, 5.41) is 0. The normalized spacial score (nSPS) is 27.1. The number of rotatable bonds is 2. The van der Waals surface area contributed by atoms with Crippen molar-refractivity contribution in [2.24, 2.45) is 0 Å². The van der Waals surface area contributed by atoms with Crippen molar-refractivity contribution in [2.45, 2.75) is 31.1 Å². The molecule has 1 aromatic carbocycles. The first-order valence-electron chi connectivity index (χ1n) is 5.89. The predicted molar refractivity (Wildman–Crippen MR) is 60.2 cm³/mol. The van der Waals surface area contributed by atoms with Crippen LogP contribution in [0.15, 0.2) is 24.3 Å². The number of benzene rings is 1. The van der Waals surface area contributed by atoms with E-state index in [1.807, 2.05) is 24.3 Å². The molecule has 1 heterocycles. The van der Waals surface area contributed by atoms with Crippen molar-refractivity contribution >= 4 is 5.69 Å². The van der Waals surface area contributed by atoms with Crippen molar-refractivity contribution in [3.8, 4) is 0 Å². The molecule has 16 heavy (non-hydrogen) atoms. The van der Waals surface area contributed by atoms with Gasteiger partial charge in [-0.25, -0.2) is 8.78 Å². The summed E-state index contributed by atoms with van der Waals surface area (Å²) in [6.45, 7) is 2.12. The molecule has 0 radical (unpaired) electrons. The quantitative estimate of drug-likeness (QED) is 0.742. The molecule has 0 N–H and O–H groups in total. The van der Waals surface area contributed by atoms with Gasteiger partial charge < -0.3 is 4.90 Å². The Labute approximate surface area is 94.1 Å². The van der Waals surface area contributed by atoms with Gasteiger partial charge in [0.25, 0.3) is 5.92 Å². The fourth-order valence-corrected chi connectivity index (χ4v) is 2.49. The van der Waals surface area contributed by atoms with Crippen LogP contribution >= 0.6 is 0 Å². The third-order valence-corrected chi connectivity index (χ3v) is 3.57. The molecule has 0 spiro atoms. The molecule has 2 fully saturated rings. The lowest BCUT2D eigenvalue weighted by molar-refractivity contribution is 0.112. The minimum atomic E-state index is -2.45. The molecule has 1 saturated heterocycles. The van der Waals surface area contributed by atoms with Crippen LogP contribution in [-0.4, -0.2) is 19.0 Å². The van der Waals surface area contributed by atoms with Crippen molar-refractivity contribution in [1.82, 2.24) is 0 Å². The van der Waals surface area contributed by atoms with Crippen molar-refractivity contribution in [1.29, 1.82) is 0 Å². The van der Waals surface area contributed by atoms with Gasteiger partial charge in [-0.15, -0.1) is 0 Å². The van der Waals surface area contributed by atoms with Crippen LogP contribution in [0.2, 0.25) is 0 Å². The molecule has 2 aliphatic rings. The Hall–Kier alpha value is -1.12. The highest BCUT2D eigenvalue weighted by Crippen LogP contribution is 2.56. The molecule has 0 amide bonds. The summed E-state index contributed by atoms with van der Waals surface area (Å²) >= 11 is 0. The summed E-state index contributed by atoms with van der Waals surface area (Å²) in [6.07, 6.45) is 2.45. The van der Waals surface area contributed by atoms with Crippen LogP contribution in [0.1, 0.15) is 30.7 Å². The van der Waals surface area contributed by atoms with Gasteiger partial charge in [0.05, 0.1) is 5.92 Å². The van der Waals surface area contributed by atoms with E-state index in [9.17, 15) is 8.78 Å². The van der Waals surface area contributed by atoms with Gasteiger partial charge in [0.15, 0.2) is 0 Å². The third-order valence-electron chi connectivity index (χ3n) is 3.57. The monoisotopic (exact) mass is 223 g/mol. The molecule has 86 valence electrons. The molecule has 1 atom stereocenters. The highest BCUT2D eigenvalue weighted by atomic mass is 19.3. The van der Waals surface area contributed by atoms with E-state index >= 15 is 0 Å². The summed E-state index contributed by atoms with van der Waals surface area (Å²) in [4.78, 5) is 2.28. The van der Waals surface area contributed by atoms with Gasteiger partial charge in [-0.1, -0.05) is 12.1 Å². The van der Waals surface area contributed by atoms with Crippen LogP contribution in [0.5, 0.6) is 0 Å². The van der Waals surface area contributed by atoms with Crippen molar-refractivity contribution in [2.75, 3.05) is 18.0 Å². The molecule has 3 heteroatoms. The smallest absolute Gasteiger partial charge is 0.255 e. The maximum absolute atomic E-state index is 13.0. The standard InChI is InChI=1S/C13H15F2N/c14-13(15)9-12(13)10-4-3-5-11(8-10)16-6-1-2-7-16/h3-5,8,12H,1-2,6-7,9H2. The predicted octanol–water partition coefficient (Wildman–Crippen LogP) is 3.41. The first kappa shape index (κ1) is 10.1. The molecule has 1 aliphatic carbocycles. The molecular formula is C13H15F2N. The molecular weight excluding hydrogens is 208 g/mol. The number of anilines is 1. The average molecular weight is 223 g/mol. The Kier molecular flexibility index (Phi) is 2.16. The maximum Gasteiger partial charge on any atom is 0.255 e. The molecule has 0 aromatic heterocycles. The summed E-state index contributed by atoms with van der Waals surface area (Å²) < 4.78 is 26.0. The van der Waals surface area contributed by atoms with Crippen molar-refractivity contribution in [3.63, 3.8) is 0 Å². The zero-order valence-corrected chi connectivity index (χ0v) is 9.13. The number of halogens is 2. The van der Waals surface area contributed by atoms with E-state index in [0.29, 0.717) is 0 Å². The lowest BCUT2D eigenvalue weighted by Gasteiger charge is -2.18. The van der Waals surface area contributed by atoms with Crippen molar-refractivity contribution < 1.29 is 8.78 Å². The number of hydrogen-bond donors (Lipinski definition) is 0. The second kappa shape index (κ2) is 3.44. The zero-order valence-electron chi connectivity index (χ0n) is 9.13. The molecule has 0 bridgehead atoms. The van der Waals surface area contributed by atoms with Gasteiger partial charge in [-0.05, 0) is 30.5 Å². The van der Waals surface area contributed by atoms with Crippen LogP contribution in [0.3, 0.4) is 0 Å². The van der Waals surface area contributed by atoms with Crippen LogP contribution < -0.4 is 4.90 Å². The Morgan fingerprint density at radius 2 is 1.88 bits per heavy atom. The van der Waals surface area contributed by atoms with E-state index in [1.54, 1.807) is 0 Å². The summed E-state index contributed by atoms with van der Waals surface area (Å²) in [6, 6.07) is 7.69. The van der Waals surface area contributed by atoms with Gasteiger partial charge >= 0.3 is 0 Å². The van der Waals surface area contributed by atoms with Crippen LogP contribution in [0, 0.1) is 0 Å². The summed E-state index contributed by atoms with van der Waals surface area (Å²) in [5.74, 6) is -2.99. The van der Waals surface area contributed by atoms with Crippen molar-refractivity contribution in [3.05, 3.63) is 29.8 Å². The maximum atomic E-state index is 13.0. The Morgan fingerprint density at radius 3 is 2.50 bits per heavy atom. The topological polar surface area (TPSA) is 3.24 Å². The third kappa shape index (κ3) is 1.68. The van der Waals surface area contributed by atoms with Gasteiger partial charge in [-0.3, -0.25) is 0 Å². The minimum Gasteiger partial charge on any atom is -0.372 e. The molecule has 1 nitrogen and oxygen atoms in total. The molecule has 1 aromatic rings. The number of hydrogen-bond acceptors (Lipinski definition) is 1. The highest BCUT2D eigenvalue weighted by molar-refractivity contribution is 5.51. The lowest BCUT2D eigenvalue weighted by atomic mass is 10.1. The summed E-state index contributed by atoms with van der Waals surface area (Å²) in [7, 11) is 0. The lowest BCUT2D eigenvalue weighted by Crippen LogP contribution is -2.17. The van der Waals surface area contributed by atoms with E-state index in [-0.39, 0.29) is 6.42 Å². The fourth-order valence-electron chi connectivity index (χ4n) is 2.49. The van der Waals surface area contributed by atoms with Gasteiger partial charge in [0, 0.05) is 25.2 Å². The summed E-state index contributed by atoms with van der Waals surface area (Å²) in [5.41, 5.74) is 1.91. The van der Waals surface area contributed by atoms with E-state index in [2.05, 4.69) is 4.90 Å². The van der Waals surface area contributed by atoms with Crippen LogP contribution in [0.25, 0.3) is 0 Å². The Morgan fingerprint density at radius 1 is 1.19 bits per heavy atom. The second-order valence-electron chi connectivity index (χ2n) is 4.81. The van der Waals surface area contributed by atoms with E-state index in [4.69, 9.17) is 0 Å². The molecule has 3 rings (SSSR count). The van der Waals surface area contributed by atoms with Crippen LogP contribution in [0.4, 0.5) is 14.5 Å².